The van der Waals surface area contributed by atoms with Crippen LogP contribution in [0.3, 0.4) is 0 Å². The van der Waals surface area contributed by atoms with E-state index in [2.05, 4.69) is 11.2 Å². The fraction of sp³-hybridized carbons (Fsp3) is 0.450. The van der Waals surface area contributed by atoms with Crippen molar-refractivity contribution in [3.63, 3.8) is 0 Å². The van der Waals surface area contributed by atoms with Crippen LogP contribution in [0.5, 0.6) is 5.75 Å². The maximum Gasteiger partial charge on any atom is 0.257 e. The number of aryl methyl sites for hydroxylation is 2. The van der Waals surface area contributed by atoms with Gasteiger partial charge in [0.05, 0.1) is 22.9 Å². The zero-order chi connectivity index (χ0) is 18.7. The molecule has 2 aromatic rings. The Labute approximate surface area is 154 Å². The normalized spacial score (nSPS) is 14.9. The molecule has 0 bridgehead atoms. The van der Waals surface area contributed by atoms with Crippen LogP contribution in [0.2, 0.25) is 0 Å². The lowest BCUT2D eigenvalue weighted by atomic mass is 10.1. The number of carbonyl (C=O) groups excluding carboxylic acids is 1. The smallest absolute Gasteiger partial charge is 0.257 e. The van der Waals surface area contributed by atoms with Gasteiger partial charge in [0.15, 0.2) is 0 Å². The van der Waals surface area contributed by atoms with Gasteiger partial charge in [0, 0.05) is 38.2 Å². The van der Waals surface area contributed by atoms with Crippen LogP contribution in [0.15, 0.2) is 24.3 Å². The second-order valence-electron chi connectivity index (χ2n) is 6.61. The maximum atomic E-state index is 12.9. The van der Waals surface area contributed by atoms with Gasteiger partial charge in [0.2, 0.25) is 0 Å². The molecule has 0 aliphatic carbocycles. The number of rotatable bonds is 4. The van der Waals surface area contributed by atoms with Gasteiger partial charge in [-0.3, -0.25) is 9.48 Å². The topological polar surface area (TPSA) is 71.2 Å². The summed E-state index contributed by atoms with van der Waals surface area (Å²) in [5.41, 5.74) is 3.09. The Kier molecular flexibility index (Phi) is 5.27. The molecule has 6 heteroatoms. The van der Waals surface area contributed by atoms with Gasteiger partial charge in [-0.2, -0.15) is 10.4 Å². The van der Waals surface area contributed by atoms with Crippen molar-refractivity contribution in [2.24, 2.45) is 0 Å². The van der Waals surface area contributed by atoms with Crippen molar-refractivity contribution in [3.8, 4) is 11.8 Å². The van der Waals surface area contributed by atoms with E-state index in [1.54, 1.807) is 12.1 Å². The monoisotopic (exact) mass is 352 g/mol. The standard InChI is InChI=1S/C20H24N4O2/c1-4-24-15(3)19(14(2)22-24)20(25)23-11-9-18(10-12-23)26-17-7-5-16(13-21)6-8-17/h5-8,18H,4,9-12H2,1-3H3. The SMILES string of the molecule is CCn1nc(C)c(C(=O)N2CCC(Oc3ccc(C#N)cc3)CC2)c1C. The van der Waals surface area contributed by atoms with Crippen molar-refractivity contribution in [1.82, 2.24) is 14.7 Å². The van der Waals surface area contributed by atoms with Crippen molar-refractivity contribution >= 4 is 5.91 Å². The molecule has 0 radical (unpaired) electrons. The average molecular weight is 352 g/mol. The fourth-order valence-electron chi connectivity index (χ4n) is 3.45. The molecular formula is C20H24N4O2. The minimum Gasteiger partial charge on any atom is -0.490 e. The molecule has 1 aromatic heterocycles. The summed E-state index contributed by atoms with van der Waals surface area (Å²) in [4.78, 5) is 14.8. The Hall–Kier alpha value is -2.81. The Morgan fingerprint density at radius 1 is 1.27 bits per heavy atom. The van der Waals surface area contributed by atoms with Crippen LogP contribution in [0.25, 0.3) is 0 Å². The summed E-state index contributed by atoms with van der Waals surface area (Å²) in [7, 11) is 0. The van der Waals surface area contributed by atoms with E-state index in [0.29, 0.717) is 18.7 Å². The minimum atomic E-state index is 0.0662. The summed E-state index contributed by atoms with van der Waals surface area (Å²) < 4.78 is 7.87. The number of nitrogens with zero attached hydrogens (tertiary/aromatic N) is 4. The van der Waals surface area contributed by atoms with E-state index in [4.69, 9.17) is 10.00 Å². The average Bonchev–Trinajstić information content (AvgIpc) is 2.96. The molecule has 136 valence electrons. The van der Waals surface area contributed by atoms with Crippen molar-refractivity contribution in [3.05, 3.63) is 46.8 Å². The van der Waals surface area contributed by atoms with Crippen molar-refractivity contribution in [2.45, 2.75) is 46.3 Å². The van der Waals surface area contributed by atoms with Gasteiger partial charge < -0.3 is 9.64 Å². The third-order valence-electron chi connectivity index (χ3n) is 4.91. The predicted octanol–water partition coefficient (Wildman–Crippen LogP) is 3.08. The van der Waals surface area contributed by atoms with Gasteiger partial charge in [-0.25, -0.2) is 0 Å². The molecule has 0 atom stereocenters. The summed E-state index contributed by atoms with van der Waals surface area (Å²) in [6, 6.07) is 9.25. The molecule has 26 heavy (non-hydrogen) atoms. The quantitative estimate of drug-likeness (QED) is 0.848. The van der Waals surface area contributed by atoms with Crippen molar-refractivity contribution in [2.75, 3.05) is 13.1 Å². The number of benzene rings is 1. The molecule has 1 aliphatic rings. The first-order valence-corrected chi connectivity index (χ1v) is 9.03. The van der Waals surface area contributed by atoms with Crippen LogP contribution in [0.1, 0.15) is 47.1 Å². The lowest BCUT2D eigenvalue weighted by molar-refractivity contribution is 0.0594. The van der Waals surface area contributed by atoms with E-state index < -0.39 is 0 Å². The molecule has 0 saturated carbocycles. The molecule has 1 fully saturated rings. The van der Waals surface area contributed by atoms with Gasteiger partial charge >= 0.3 is 0 Å². The molecule has 1 amide bonds. The summed E-state index contributed by atoms with van der Waals surface area (Å²) >= 11 is 0. The van der Waals surface area contributed by atoms with Gasteiger partial charge in [-0.05, 0) is 45.0 Å². The molecule has 0 unspecified atom stereocenters. The Bertz CT molecular complexity index is 825. The van der Waals surface area contributed by atoms with E-state index in [0.717, 1.165) is 42.1 Å². The Morgan fingerprint density at radius 3 is 2.46 bits per heavy atom. The lowest BCUT2D eigenvalue weighted by Crippen LogP contribution is -2.42. The molecule has 1 aliphatic heterocycles. The van der Waals surface area contributed by atoms with Crippen molar-refractivity contribution < 1.29 is 9.53 Å². The van der Waals surface area contributed by atoms with Gasteiger partial charge in [-0.15, -0.1) is 0 Å². The first kappa shape index (κ1) is 18.0. The van der Waals surface area contributed by atoms with Crippen LogP contribution in [0, 0.1) is 25.2 Å². The number of aromatic nitrogens is 2. The predicted molar refractivity (Wildman–Crippen MR) is 98.1 cm³/mol. The van der Waals surface area contributed by atoms with E-state index in [1.165, 1.54) is 0 Å². The van der Waals surface area contributed by atoms with Crippen molar-refractivity contribution in [1.29, 1.82) is 5.26 Å². The number of likely N-dealkylation sites (tertiary alicyclic amines) is 1. The van der Waals surface area contributed by atoms with Crippen LogP contribution >= 0.6 is 0 Å². The summed E-state index contributed by atoms with van der Waals surface area (Å²) in [6.07, 6.45) is 1.69. The molecule has 1 saturated heterocycles. The number of amides is 1. The molecular weight excluding hydrogens is 328 g/mol. The third-order valence-corrected chi connectivity index (χ3v) is 4.91. The second kappa shape index (κ2) is 7.61. The fourth-order valence-corrected chi connectivity index (χ4v) is 3.45. The third kappa shape index (κ3) is 3.57. The van der Waals surface area contributed by atoms with E-state index >= 15 is 0 Å². The highest BCUT2D eigenvalue weighted by molar-refractivity contribution is 5.96. The summed E-state index contributed by atoms with van der Waals surface area (Å²) in [5, 5.41) is 13.3. The van der Waals surface area contributed by atoms with Crippen LogP contribution < -0.4 is 4.74 Å². The van der Waals surface area contributed by atoms with Gasteiger partial charge in [-0.1, -0.05) is 0 Å². The lowest BCUT2D eigenvalue weighted by Gasteiger charge is -2.32. The largest absolute Gasteiger partial charge is 0.490 e. The second-order valence-corrected chi connectivity index (χ2v) is 6.61. The first-order chi connectivity index (χ1) is 12.5. The van der Waals surface area contributed by atoms with E-state index in [9.17, 15) is 4.79 Å². The molecule has 0 spiro atoms. The highest BCUT2D eigenvalue weighted by Gasteiger charge is 2.28. The maximum absolute atomic E-state index is 12.9. The minimum absolute atomic E-state index is 0.0662. The zero-order valence-electron chi connectivity index (χ0n) is 15.5. The van der Waals surface area contributed by atoms with Crippen LogP contribution in [-0.2, 0) is 6.54 Å². The Morgan fingerprint density at radius 2 is 1.92 bits per heavy atom. The number of hydrogen-bond donors (Lipinski definition) is 0. The van der Waals surface area contributed by atoms with Crippen LogP contribution in [0.4, 0.5) is 0 Å². The number of carbonyl (C=O) groups is 1. The molecule has 3 rings (SSSR count). The first-order valence-electron chi connectivity index (χ1n) is 9.03. The number of ether oxygens (including phenoxy) is 1. The zero-order valence-corrected chi connectivity index (χ0v) is 15.5. The van der Waals surface area contributed by atoms with Gasteiger partial charge in [0.25, 0.3) is 5.91 Å². The van der Waals surface area contributed by atoms with E-state index in [-0.39, 0.29) is 12.0 Å². The van der Waals surface area contributed by atoms with Crippen LogP contribution in [-0.4, -0.2) is 39.8 Å². The highest BCUT2D eigenvalue weighted by atomic mass is 16.5. The highest BCUT2D eigenvalue weighted by Crippen LogP contribution is 2.22. The molecule has 2 heterocycles. The number of hydrogen-bond acceptors (Lipinski definition) is 4. The van der Waals surface area contributed by atoms with Gasteiger partial charge in [0.1, 0.15) is 11.9 Å². The Balaban J connectivity index is 1.60. The number of piperidine rings is 1. The molecule has 6 nitrogen and oxygen atoms in total. The summed E-state index contributed by atoms with van der Waals surface area (Å²) in [6.45, 7) is 8.00. The molecule has 0 N–H and O–H groups in total. The number of nitriles is 1. The summed E-state index contributed by atoms with van der Waals surface area (Å²) in [5.74, 6) is 0.834. The molecule has 1 aromatic carbocycles. The van der Waals surface area contributed by atoms with E-state index in [1.807, 2.05) is 42.5 Å².